The zero-order chi connectivity index (χ0) is 13.5. The molecule has 6 nitrogen and oxygen atoms in total. The summed E-state index contributed by atoms with van der Waals surface area (Å²) in [6.07, 6.45) is 6.27. The molecule has 1 fully saturated rings. The van der Waals surface area contributed by atoms with E-state index < -0.39 is 0 Å². The van der Waals surface area contributed by atoms with Gasteiger partial charge in [0.15, 0.2) is 11.6 Å². The number of nitrogens with zero attached hydrogens (tertiary/aromatic N) is 2. The summed E-state index contributed by atoms with van der Waals surface area (Å²) in [6, 6.07) is 0. The lowest BCUT2D eigenvalue weighted by Crippen LogP contribution is -2.20. The van der Waals surface area contributed by atoms with Crippen molar-refractivity contribution >= 4 is 17.3 Å². The predicted molar refractivity (Wildman–Crippen MR) is 77.3 cm³/mol. The normalized spacial score (nSPS) is 18.5. The smallest absolute Gasteiger partial charge is 0.154 e. The third-order valence-electron chi connectivity index (χ3n) is 3.23. The van der Waals surface area contributed by atoms with Gasteiger partial charge in [-0.3, -0.25) is 0 Å². The Morgan fingerprint density at radius 2 is 2.16 bits per heavy atom. The monoisotopic (exact) mass is 265 g/mol. The Bertz CT molecular complexity index is 393. The van der Waals surface area contributed by atoms with Crippen LogP contribution in [0.15, 0.2) is 6.33 Å². The maximum atomic E-state index is 6.06. The predicted octanol–water partition coefficient (Wildman–Crippen LogP) is 1.86. The summed E-state index contributed by atoms with van der Waals surface area (Å²) in [5, 5.41) is 6.48. The van der Waals surface area contributed by atoms with Crippen molar-refractivity contribution in [1.29, 1.82) is 0 Å². The average Bonchev–Trinajstić information content (AvgIpc) is 2.93. The number of nitrogens with two attached hydrogens (primary N) is 1. The molecule has 4 N–H and O–H groups in total. The van der Waals surface area contributed by atoms with Gasteiger partial charge in [-0.2, -0.15) is 0 Å². The molecule has 6 heteroatoms. The SMILES string of the molecule is CCCCNc1ncnc(NCC2CCCO2)c1N. The van der Waals surface area contributed by atoms with Gasteiger partial charge < -0.3 is 21.1 Å². The number of nitrogens with one attached hydrogen (secondary N) is 2. The summed E-state index contributed by atoms with van der Waals surface area (Å²) in [7, 11) is 0. The van der Waals surface area contributed by atoms with Crippen LogP contribution in [0.5, 0.6) is 0 Å². The van der Waals surface area contributed by atoms with Crippen LogP contribution in [0.25, 0.3) is 0 Å². The summed E-state index contributed by atoms with van der Waals surface area (Å²) < 4.78 is 5.56. The fourth-order valence-electron chi connectivity index (χ4n) is 2.08. The molecule has 19 heavy (non-hydrogen) atoms. The molecule has 0 radical (unpaired) electrons. The highest BCUT2D eigenvalue weighted by Gasteiger charge is 2.16. The Labute approximate surface area is 114 Å². The molecule has 0 aliphatic carbocycles. The molecule has 1 aromatic heterocycles. The molecule has 0 saturated carbocycles. The summed E-state index contributed by atoms with van der Waals surface area (Å²) in [4.78, 5) is 8.36. The highest BCUT2D eigenvalue weighted by Crippen LogP contribution is 2.23. The minimum absolute atomic E-state index is 0.269. The van der Waals surface area contributed by atoms with Crippen molar-refractivity contribution in [2.75, 3.05) is 36.1 Å². The Kier molecular flexibility index (Phi) is 5.20. The molecule has 1 atom stereocenters. The first-order valence-electron chi connectivity index (χ1n) is 7.01. The van der Waals surface area contributed by atoms with Crippen molar-refractivity contribution in [2.45, 2.75) is 38.7 Å². The molecule has 1 aliphatic rings. The fourth-order valence-corrected chi connectivity index (χ4v) is 2.08. The van der Waals surface area contributed by atoms with Crippen LogP contribution in [0.2, 0.25) is 0 Å². The van der Waals surface area contributed by atoms with E-state index in [-0.39, 0.29) is 6.10 Å². The number of hydrogen-bond donors (Lipinski definition) is 3. The molecule has 0 aromatic carbocycles. The number of ether oxygens (including phenoxy) is 1. The van der Waals surface area contributed by atoms with Crippen molar-refractivity contribution in [2.24, 2.45) is 0 Å². The second kappa shape index (κ2) is 7.13. The second-order valence-corrected chi connectivity index (χ2v) is 4.78. The number of rotatable bonds is 7. The van der Waals surface area contributed by atoms with Gasteiger partial charge in [-0.1, -0.05) is 13.3 Å². The van der Waals surface area contributed by atoms with Gasteiger partial charge in [0.2, 0.25) is 0 Å². The van der Waals surface area contributed by atoms with Gasteiger partial charge in [-0.25, -0.2) is 9.97 Å². The molecule has 106 valence electrons. The standard InChI is InChI=1S/C13H23N5O/c1-2-3-6-15-12-11(14)13(18-9-17-12)16-8-10-5-4-7-19-10/h9-10H,2-8,14H2,1H3,(H2,15,16,17,18). The summed E-state index contributed by atoms with van der Waals surface area (Å²) in [5.41, 5.74) is 6.64. The maximum Gasteiger partial charge on any atom is 0.154 e. The molecular weight excluding hydrogens is 242 g/mol. The van der Waals surface area contributed by atoms with E-state index >= 15 is 0 Å². The summed E-state index contributed by atoms with van der Waals surface area (Å²) >= 11 is 0. The molecule has 0 spiro atoms. The molecule has 1 unspecified atom stereocenters. The minimum atomic E-state index is 0.269. The van der Waals surface area contributed by atoms with Crippen LogP contribution in [0.4, 0.5) is 17.3 Å². The van der Waals surface area contributed by atoms with Crippen molar-refractivity contribution in [3.05, 3.63) is 6.33 Å². The Morgan fingerprint density at radius 1 is 1.37 bits per heavy atom. The molecular formula is C13H23N5O. The van der Waals surface area contributed by atoms with Gasteiger partial charge >= 0.3 is 0 Å². The van der Waals surface area contributed by atoms with Crippen LogP contribution in [-0.2, 0) is 4.74 Å². The van der Waals surface area contributed by atoms with Gasteiger partial charge in [0, 0.05) is 19.7 Å². The number of unbranched alkanes of at least 4 members (excludes halogenated alkanes) is 1. The molecule has 1 saturated heterocycles. The third kappa shape index (κ3) is 3.96. The largest absolute Gasteiger partial charge is 0.393 e. The highest BCUT2D eigenvalue weighted by atomic mass is 16.5. The van der Waals surface area contributed by atoms with Crippen LogP contribution in [0.1, 0.15) is 32.6 Å². The van der Waals surface area contributed by atoms with E-state index in [1.165, 1.54) is 6.33 Å². The van der Waals surface area contributed by atoms with Crippen LogP contribution in [0.3, 0.4) is 0 Å². The first kappa shape index (κ1) is 13.9. The Balaban J connectivity index is 1.90. The molecule has 2 rings (SSSR count). The van der Waals surface area contributed by atoms with Crippen LogP contribution in [0, 0.1) is 0 Å². The van der Waals surface area contributed by atoms with Gasteiger partial charge in [0.25, 0.3) is 0 Å². The lowest BCUT2D eigenvalue weighted by atomic mass is 10.2. The number of hydrogen-bond acceptors (Lipinski definition) is 6. The van der Waals surface area contributed by atoms with E-state index in [0.29, 0.717) is 17.3 Å². The van der Waals surface area contributed by atoms with Crippen molar-refractivity contribution in [1.82, 2.24) is 9.97 Å². The summed E-state index contributed by atoms with van der Waals surface area (Å²) in [6.45, 7) is 4.63. The van der Waals surface area contributed by atoms with Gasteiger partial charge in [-0.15, -0.1) is 0 Å². The molecule has 0 amide bonds. The van der Waals surface area contributed by atoms with Gasteiger partial charge in [0.1, 0.15) is 12.0 Å². The van der Waals surface area contributed by atoms with Crippen LogP contribution < -0.4 is 16.4 Å². The van der Waals surface area contributed by atoms with Crippen LogP contribution in [-0.4, -0.2) is 35.8 Å². The van der Waals surface area contributed by atoms with E-state index in [9.17, 15) is 0 Å². The second-order valence-electron chi connectivity index (χ2n) is 4.78. The number of anilines is 3. The molecule has 2 heterocycles. The van der Waals surface area contributed by atoms with E-state index in [1.807, 2.05) is 0 Å². The number of nitrogen functional groups attached to an aromatic ring is 1. The third-order valence-corrected chi connectivity index (χ3v) is 3.23. The first-order valence-corrected chi connectivity index (χ1v) is 7.01. The number of aromatic nitrogens is 2. The van der Waals surface area contributed by atoms with Crippen molar-refractivity contribution in [3.8, 4) is 0 Å². The maximum absolute atomic E-state index is 6.06. The molecule has 1 aromatic rings. The molecule has 0 bridgehead atoms. The van der Waals surface area contributed by atoms with E-state index in [2.05, 4.69) is 27.5 Å². The average molecular weight is 265 g/mol. The lowest BCUT2D eigenvalue weighted by molar-refractivity contribution is 0.120. The first-order chi connectivity index (χ1) is 9.31. The van der Waals surface area contributed by atoms with E-state index in [4.69, 9.17) is 10.5 Å². The fraction of sp³-hybridized carbons (Fsp3) is 0.692. The molecule has 1 aliphatic heterocycles. The lowest BCUT2D eigenvalue weighted by Gasteiger charge is -2.14. The quantitative estimate of drug-likeness (QED) is 0.653. The van der Waals surface area contributed by atoms with Crippen LogP contribution >= 0.6 is 0 Å². The van der Waals surface area contributed by atoms with Crippen molar-refractivity contribution < 1.29 is 4.74 Å². The minimum Gasteiger partial charge on any atom is -0.393 e. The highest BCUT2D eigenvalue weighted by molar-refractivity contribution is 5.73. The topological polar surface area (TPSA) is 85.1 Å². The van der Waals surface area contributed by atoms with E-state index in [1.54, 1.807) is 0 Å². The van der Waals surface area contributed by atoms with Gasteiger partial charge in [-0.05, 0) is 19.3 Å². The Hall–Kier alpha value is -1.56. The van der Waals surface area contributed by atoms with Crippen molar-refractivity contribution in [3.63, 3.8) is 0 Å². The summed E-state index contributed by atoms with van der Waals surface area (Å²) in [5.74, 6) is 1.39. The van der Waals surface area contributed by atoms with E-state index in [0.717, 1.165) is 45.4 Å². The van der Waals surface area contributed by atoms with Gasteiger partial charge in [0.05, 0.1) is 6.10 Å². The zero-order valence-corrected chi connectivity index (χ0v) is 11.5. The Morgan fingerprint density at radius 3 is 2.84 bits per heavy atom. The zero-order valence-electron chi connectivity index (χ0n) is 11.5.